The van der Waals surface area contributed by atoms with E-state index in [4.69, 9.17) is 0 Å². The summed E-state index contributed by atoms with van der Waals surface area (Å²) in [6.07, 6.45) is -2.58. The van der Waals surface area contributed by atoms with Crippen LogP contribution < -0.4 is 5.32 Å². The molecule has 168 valence electrons. The molecule has 10 heteroatoms. The van der Waals surface area contributed by atoms with Gasteiger partial charge in [0.25, 0.3) is 5.78 Å². The monoisotopic (exact) mass is 444 g/mol. The highest BCUT2D eigenvalue weighted by Crippen LogP contribution is 2.38. The van der Waals surface area contributed by atoms with Crippen LogP contribution in [0, 0.1) is 19.8 Å². The molecule has 1 atom stereocenters. The van der Waals surface area contributed by atoms with Crippen LogP contribution in [-0.2, 0) is 24.1 Å². The molecule has 5 rings (SSSR count). The van der Waals surface area contributed by atoms with Crippen LogP contribution in [0.4, 0.5) is 19.0 Å². The molecule has 1 saturated carbocycles. The number of hydrogen-bond donors (Lipinski definition) is 1. The highest BCUT2D eigenvalue weighted by atomic mass is 19.4. The van der Waals surface area contributed by atoms with Crippen molar-refractivity contribution >= 4 is 17.5 Å². The Morgan fingerprint density at radius 2 is 1.94 bits per heavy atom. The van der Waals surface area contributed by atoms with Gasteiger partial charge in [-0.15, -0.1) is 10.2 Å². The van der Waals surface area contributed by atoms with E-state index >= 15 is 0 Å². The van der Waals surface area contributed by atoms with Gasteiger partial charge in [-0.05, 0) is 50.8 Å². The molecule has 3 heterocycles. The normalized spacial score (nSPS) is 17.0. The van der Waals surface area contributed by atoms with Gasteiger partial charge in [0, 0.05) is 11.5 Å². The van der Waals surface area contributed by atoms with E-state index in [0.717, 1.165) is 30.2 Å². The Kier molecular flexibility index (Phi) is 4.65. The third-order valence-electron chi connectivity index (χ3n) is 6.35. The van der Waals surface area contributed by atoms with Gasteiger partial charge in [-0.25, -0.2) is 0 Å². The summed E-state index contributed by atoms with van der Waals surface area (Å²) in [6.45, 7) is 5.96. The molecule has 1 aliphatic carbocycles. The second-order valence-electron chi connectivity index (χ2n) is 8.62. The van der Waals surface area contributed by atoms with Gasteiger partial charge in [0.15, 0.2) is 0 Å². The molecule has 1 fully saturated rings. The number of alkyl halides is 3. The fourth-order valence-corrected chi connectivity index (χ4v) is 4.51. The van der Waals surface area contributed by atoms with Crippen molar-refractivity contribution in [2.75, 3.05) is 5.32 Å². The van der Waals surface area contributed by atoms with E-state index < -0.39 is 17.8 Å². The van der Waals surface area contributed by atoms with E-state index in [0.29, 0.717) is 36.1 Å². The zero-order chi connectivity index (χ0) is 22.8. The number of amides is 1. The second kappa shape index (κ2) is 7.18. The molecule has 2 aromatic heterocycles. The highest BCUT2D eigenvalue weighted by Gasteiger charge is 2.38. The molecule has 3 aromatic rings. The summed E-state index contributed by atoms with van der Waals surface area (Å²) in [6, 6.07) is 3.76. The van der Waals surface area contributed by atoms with Gasteiger partial charge in [-0.3, -0.25) is 9.20 Å². The van der Waals surface area contributed by atoms with Crippen molar-refractivity contribution in [3.05, 3.63) is 52.0 Å². The second-order valence-corrected chi connectivity index (χ2v) is 8.62. The number of aryl methyl sites for hydroxylation is 1. The van der Waals surface area contributed by atoms with Gasteiger partial charge in [-0.1, -0.05) is 12.1 Å². The van der Waals surface area contributed by atoms with Crippen LogP contribution in [0.25, 0.3) is 5.78 Å². The first-order valence-electron chi connectivity index (χ1n) is 10.6. The maximum Gasteiger partial charge on any atom is 0.416 e. The molecule has 2 aliphatic rings. The van der Waals surface area contributed by atoms with Gasteiger partial charge in [0.05, 0.1) is 30.4 Å². The number of aromatic nitrogens is 4. The van der Waals surface area contributed by atoms with E-state index in [1.807, 2.05) is 16.2 Å². The standard InChI is InChI=1S/C22H23F3N6O/c1-11-15(5-4-6-17(11)22(23,24)25)12(2)26-19-16-9-30(20(32)14-7-8-14)10-18(16)31-13(3)28-29-21(31)27-19/h4-6,12,14H,7-10H2,1-3H3,(H,26,27,29). The van der Waals surface area contributed by atoms with E-state index in [2.05, 4.69) is 20.5 Å². The Labute approximate surface area is 182 Å². The van der Waals surface area contributed by atoms with E-state index in [1.165, 1.54) is 13.0 Å². The molecule has 0 spiro atoms. The molecule has 1 N–H and O–H groups in total. The fourth-order valence-electron chi connectivity index (χ4n) is 4.51. The third kappa shape index (κ3) is 3.37. The summed E-state index contributed by atoms with van der Waals surface area (Å²) in [5.74, 6) is 1.83. The van der Waals surface area contributed by atoms with Gasteiger partial charge in [0.2, 0.25) is 5.91 Å². The lowest BCUT2D eigenvalue weighted by Crippen LogP contribution is -2.26. The van der Waals surface area contributed by atoms with Crippen molar-refractivity contribution in [1.82, 2.24) is 24.5 Å². The summed E-state index contributed by atoms with van der Waals surface area (Å²) >= 11 is 0. The van der Waals surface area contributed by atoms with Gasteiger partial charge in [0.1, 0.15) is 11.6 Å². The molecule has 7 nitrogen and oxygen atoms in total. The van der Waals surface area contributed by atoms with Crippen LogP contribution in [-0.4, -0.2) is 30.4 Å². The number of nitrogens with one attached hydrogen (secondary N) is 1. The minimum atomic E-state index is -4.42. The lowest BCUT2D eigenvalue weighted by molar-refractivity contribution is -0.138. The first kappa shape index (κ1) is 20.7. The van der Waals surface area contributed by atoms with Crippen molar-refractivity contribution in [2.24, 2.45) is 5.92 Å². The number of rotatable bonds is 4. The molecule has 1 amide bonds. The summed E-state index contributed by atoms with van der Waals surface area (Å²) in [7, 11) is 0. The smallest absolute Gasteiger partial charge is 0.363 e. The number of carbonyl (C=O) groups is 1. The van der Waals surface area contributed by atoms with Crippen LogP contribution in [0.3, 0.4) is 0 Å². The molecular weight excluding hydrogens is 421 g/mol. The molecule has 1 aromatic carbocycles. The van der Waals surface area contributed by atoms with Crippen LogP contribution in [0.15, 0.2) is 18.2 Å². The lowest BCUT2D eigenvalue weighted by atomic mass is 9.97. The van der Waals surface area contributed by atoms with Crippen LogP contribution in [0.2, 0.25) is 0 Å². The van der Waals surface area contributed by atoms with E-state index in [-0.39, 0.29) is 17.4 Å². The first-order chi connectivity index (χ1) is 15.1. The zero-order valence-corrected chi connectivity index (χ0v) is 18.0. The Morgan fingerprint density at radius 3 is 2.62 bits per heavy atom. The minimum Gasteiger partial charge on any atom is -0.363 e. The summed E-state index contributed by atoms with van der Waals surface area (Å²) < 4.78 is 42.0. The maximum absolute atomic E-state index is 13.4. The molecule has 0 saturated heterocycles. The average Bonchev–Trinajstić information content (AvgIpc) is 3.38. The predicted octanol–water partition coefficient (Wildman–Crippen LogP) is 4.19. The first-order valence-corrected chi connectivity index (χ1v) is 10.6. The topological polar surface area (TPSA) is 75.4 Å². The number of halogens is 3. The summed E-state index contributed by atoms with van der Waals surface area (Å²) in [5.41, 5.74) is 1.82. The number of benzene rings is 1. The summed E-state index contributed by atoms with van der Waals surface area (Å²) in [4.78, 5) is 19.1. The Hall–Kier alpha value is -3.17. The quantitative estimate of drug-likeness (QED) is 0.653. The van der Waals surface area contributed by atoms with Crippen molar-refractivity contribution in [1.29, 1.82) is 0 Å². The number of carbonyl (C=O) groups excluding carboxylic acids is 1. The van der Waals surface area contributed by atoms with E-state index in [9.17, 15) is 18.0 Å². The molecule has 1 aliphatic heterocycles. The van der Waals surface area contributed by atoms with Gasteiger partial charge in [-0.2, -0.15) is 18.2 Å². The third-order valence-corrected chi connectivity index (χ3v) is 6.35. The van der Waals surface area contributed by atoms with Crippen molar-refractivity contribution in [2.45, 2.75) is 58.9 Å². The van der Waals surface area contributed by atoms with Crippen molar-refractivity contribution in [3.8, 4) is 0 Å². The van der Waals surface area contributed by atoms with Gasteiger partial charge < -0.3 is 10.2 Å². The zero-order valence-electron chi connectivity index (χ0n) is 18.0. The van der Waals surface area contributed by atoms with Crippen molar-refractivity contribution < 1.29 is 18.0 Å². The fraction of sp³-hybridized carbons (Fsp3) is 0.455. The van der Waals surface area contributed by atoms with Crippen LogP contribution in [0.5, 0.6) is 0 Å². The molecule has 0 bridgehead atoms. The Balaban J connectivity index is 1.52. The Morgan fingerprint density at radius 1 is 1.19 bits per heavy atom. The van der Waals surface area contributed by atoms with Crippen LogP contribution in [0.1, 0.15) is 59.6 Å². The number of hydrogen-bond acceptors (Lipinski definition) is 5. The average molecular weight is 444 g/mol. The summed E-state index contributed by atoms with van der Waals surface area (Å²) in [5, 5.41) is 11.5. The largest absolute Gasteiger partial charge is 0.416 e. The van der Waals surface area contributed by atoms with Crippen LogP contribution >= 0.6 is 0 Å². The number of nitrogens with zero attached hydrogens (tertiary/aromatic N) is 5. The molecule has 32 heavy (non-hydrogen) atoms. The number of fused-ring (bicyclic) bond motifs is 3. The molecule has 0 radical (unpaired) electrons. The number of anilines is 1. The Bertz CT molecular complexity index is 1230. The predicted molar refractivity (Wildman–Crippen MR) is 111 cm³/mol. The highest BCUT2D eigenvalue weighted by molar-refractivity contribution is 5.82. The lowest BCUT2D eigenvalue weighted by Gasteiger charge is -2.21. The minimum absolute atomic E-state index is 0.0952. The van der Waals surface area contributed by atoms with Gasteiger partial charge >= 0.3 is 6.18 Å². The SMILES string of the molecule is Cc1c(C(C)Nc2nc3nnc(C)n3c3c2CN(C(=O)C2CC2)C3)cccc1C(F)(F)F. The molecule has 1 unspecified atom stereocenters. The molecular formula is C22H23F3N6O. The maximum atomic E-state index is 13.4. The van der Waals surface area contributed by atoms with Crippen molar-refractivity contribution in [3.63, 3.8) is 0 Å². The van der Waals surface area contributed by atoms with E-state index in [1.54, 1.807) is 13.0 Å².